The molecule has 4 rings (SSSR count). The van der Waals surface area contributed by atoms with E-state index in [1.54, 1.807) is 30.3 Å². The van der Waals surface area contributed by atoms with Crippen LogP contribution in [0.15, 0.2) is 83.8 Å². The first kappa shape index (κ1) is 18.4. The molecule has 0 N–H and O–H groups in total. The SMILES string of the molecule is Cc1ccc2c(c1)C(=O)C(Cc1ccccc1)(S(=O)(=O)c1ccccc1)CO2. The normalized spacial score (nSPS) is 19.0. The average molecular weight is 392 g/mol. The fourth-order valence-corrected chi connectivity index (χ4v) is 5.52. The van der Waals surface area contributed by atoms with E-state index in [1.165, 1.54) is 12.1 Å². The Labute approximate surface area is 164 Å². The number of aryl methyl sites for hydroxylation is 1. The summed E-state index contributed by atoms with van der Waals surface area (Å²) in [6.07, 6.45) is 0.0529. The van der Waals surface area contributed by atoms with Crippen LogP contribution >= 0.6 is 0 Å². The van der Waals surface area contributed by atoms with Crippen molar-refractivity contribution in [1.29, 1.82) is 0 Å². The van der Waals surface area contributed by atoms with Crippen molar-refractivity contribution in [3.05, 3.63) is 95.6 Å². The monoisotopic (exact) mass is 392 g/mol. The Balaban J connectivity index is 1.92. The molecule has 0 saturated heterocycles. The van der Waals surface area contributed by atoms with Crippen LogP contribution in [0.4, 0.5) is 0 Å². The minimum Gasteiger partial charge on any atom is -0.491 e. The number of sulfone groups is 1. The quantitative estimate of drug-likeness (QED) is 0.673. The lowest BCUT2D eigenvalue weighted by atomic mass is 9.88. The number of rotatable bonds is 4. The minimum absolute atomic E-state index is 0.0529. The Morgan fingerprint density at radius 3 is 2.25 bits per heavy atom. The van der Waals surface area contributed by atoms with Gasteiger partial charge in [-0.25, -0.2) is 8.42 Å². The number of hydrogen-bond donors (Lipinski definition) is 0. The summed E-state index contributed by atoms with van der Waals surface area (Å²) in [5.41, 5.74) is 1.97. The van der Waals surface area contributed by atoms with Crippen molar-refractivity contribution in [3.63, 3.8) is 0 Å². The third-order valence-corrected chi connectivity index (χ3v) is 7.52. The second-order valence-electron chi connectivity index (χ2n) is 7.09. The van der Waals surface area contributed by atoms with E-state index in [9.17, 15) is 13.2 Å². The summed E-state index contributed by atoms with van der Waals surface area (Å²) < 4.78 is 31.6. The van der Waals surface area contributed by atoms with Crippen LogP contribution in [-0.4, -0.2) is 25.6 Å². The Kier molecular flexibility index (Phi) is 4.55. The maximum absolute atomic E-state index is 13.7. The third kappa shape index (κ3) is 2.92. The van der Waals surface area contributed by atoms with Gasteiger partial charge in [0.1, 0.15) is 12.4 Å². The highest BCUT2D eigenvalue weighted by molar-refractivity contribution is 7.93. The highest BCUT2D eigenvalue weighted by Gasteiger charge is 2.55. The van der Waals surface area contributed by atoms with Gasteiger partial charge in [-0.1, -0.05) is 60.2 Å². The molecule has 0 aliphatic carbocycles. The number of hydrogen-bond acceptors (Lipinski definition) is 4. The standard InChI is InChI=1S/C23H20O4S/c1-17-12-13-21-20(14-17)22(24)23(16-27-21,15-18-8-4-2-5-9-18)28(25,26)19-10-6-3-7-11-19/h2-14H,15-16H2,1H3. The number of ether oxygens (including phenoxy) is 1. The van der Waals surface area contributed by atoms with Crippen LogP contribution in [0.1, 0.15) is 21.5 Å². The van der Waals surface area contributed by atoms with Crippen LogP contribution in [0, 0.1) is 6.92 Å². The zero-order valence-corrected chi connectivity index (χ0v) is 16.3. The van der Waals surface area contributed by atoms with Crippen LogP contribution in [0.5, 0.6) is 5.75 Å². The van der Waals surface area contributed by atoms with Crippen LogP contribution in [0.25, 0.3) is 0 Å². The largest absolute Gasteiger partial charge is 0.491 e. The zero-order chi connectivity index (χ0) is 19.8. The van der Waals surface area contributed by atoms with Crippen molar-refractivity contribution in [1.82, 2.24) is 0 Å². The molecule has 0 fully saturated rings. The van der Waals surface area contributed by atoms with E-state index in [2.05, 4.69) is 0 Å². The molecule has 142 valence electrons. The van der Waals surface area contributed by atoms with Crippen LogP contribution < -0.4 is 4.74 Å². The maximum atomic E-state index is 13.7. The molecule has 3 aromatic carbocycles. The van der Waals surface area contributed by atoms with Crippen LogP contribution in [0.2, 0.25) is 0 Å². The van der Waals surface area contributed by atoms with Crippen molar-refractivity contribution in [2.75, 3.05) is 6.61 Å². The predicted molar refractivity (Wildman–Crippen MR) is 108 cm³/mol. The van der Waals surface area contributed by atoms with Crippen molar-refractivity contribution < 1.29 is 17.9 Å². The van der Waals surface area contributed by atoms with Gasteiger partial charge in [-0.3, -0.25) is 4.79 Å². The lowest BCUT2D eigenvalue weighted by Gasteiger charge is -2.36. The molecule has 0 amide bonds. The molecule has 1 aliphatic heterocycles. The second-order valence-corrected chi connectivity index (χ2v) is 9.35. The Morgan fingerprint density at radius 1 is 0.929 bits per heavy atom. The van der Waals surface area contributed by atoms with Gasteiger partial charge in [-0.15, -0.1) is 0 Å². The van der Waals surface area contributed by atoms with Gasteiger partial charge in [0.15, 0.2) is 20.4 Å². The van der Waals surface area contributed by atoms with Gasteiger partial charge in [0.2, 0.25) is 0 Å². The summed E-state index contributed by atoms with van der Waals surface area (Å²) >= 11 is 0. The minimum atomic E-state index is -4.00. The highest BCUT2D eigenvalue weighted by Crippen LogP contribution is 2.39. The van der Waals surface area contributed by atoms with E-state index in [0.717, 1.165) is 11.1 Å². The molecule has 0 aromatic heterocycles. The summed E-state index contributed by atoms with van der Waals surface area (Å²) in [6.45, 7) is 1.65. The van der Waals surface area contributed by atoms with Gasteiger partial charge in [-0.05, 0) is 36.8 Å². The number of benzene rings is 3. The summed E-state index contributed by atoms with van der Waals surface area (Å²) in [6, 6.07) is 22.6. The third-order valence-electron chi connectivity index (χ3n) is 5.15. The van der Waals surface area contributed by atoms with E-state index in [-0.39, 0.29) is 17.9 Å². The molecule has 28 heavy (non-hydrogen) atoms. The van der Waals surface area contributed by atoms with E-state index in [0.29, 0.717) is 11.3 Å². The first-order valence-electron chi connectivity index (χ1n) is 9.06. The average Bonchev–Trinajstić information content (AvgIpc) is 2.72. The molecule has 0 bridgehead atoms. The summed E-state index contributed by atoms with van der Waals surface area (Å²) in [5.74, 6) is 0.0210. The van der Waals surface area contributed by atoms with Gasteiger partial charge >= 0.3 is 0 Å². The van der Waals surface area contributed by atoms with Crippen LogP contribution in [-0.2, 0) is 16.3 Å². The molecular weight excluding hydrogens is 372 g/mol. The lowest BCUT2D eigenvalue weighted by molar-refractivity contribution is 0.0859. The van der Waals surface area contributed by atoms with Crippen LogP contribution in [0.3, 0.4) is 0 Å². The van der Waals surface area contributed by atoms with Crippen molar-refractivity contribution in [2.24, 2.45) is 0 Å². The fraction of sp³-hybridized carbons (Fsp3) is 0.174. The Hall–Kier alpha value is -2.92. The van der Waals surface area contributed by atoms with Gasteiger partial charge in [-0.2, -0.15) is 0 Å². The molecule has 0 radical (unpaired) electrons. The van der Waals surface area contributed by atoms with Gasteiger partial charge < -0.3 is 4.74 Å². The van der Waals surface area contributed by atoms with Crippen molar-refractivity contribution in [2.45, 2.75) is 23.0 Å². The number of Topliss-reactive ketones (excluding diaryl/α,β-unsaturated/α-hetero) is 1. The molecule has 1 heterocycles. The highest BCUT2D eigenvalue weighted by atomic mass is 32.2. The topological polar surface area (TPSA) is 60.4 Å². The molecule has 5 heteroatoms. The van der Waals surface area contributed by atoms with E-state index < -0.39 is 20.4 Å². The molecule has 0 saturated carbocycles. The number of carbonyl (C=O) groups is 1. The first-order chi connectivity index (χ1) is 13.4. The van der Waals surface area contributed by atoms with E-state index >= 15 is 0 Å². The smallest absolute Gasteiger partial charge is 0.195 e. The first-order valence-corrected chi connectivity index (χ1v) is 10.5. The molecule has 1 aliphatic rings. The number of carbonyl (C=O) groups excluding carboxylic acids is 1. The van der Waals surface area contributed by atoms with Gasteiger partial charge in [0.05, 0.1) is 10.5 Å². The molecule has 1 unspecified atom stereocenters. The summed E-state index contributed by atoms with van der Waals surface area (Å²) in [4.78, 5) is 13.8. The van der Waals surface area contributed by atoms with E-state index in [1.807, 2.05) is 43.3 Å². The molecule has 4 nitrogen and oxygen atoms in total. The zero-order valence-electron chi connectivity index (χ0n) is 15.5. The van der Waals surface area contributed by atoms with E-state index in [4.69, 9.17) is 4.74 Å². The van der Waals surface area contributed by atoms with Crippen molar-refractivity contribution >= 4 is 15.6 Å². The molecule has 0 spiro atoms. The number of fused-ring (bicyclic) bond motifs is 1. The summed E-state index contributed by atoms with van der Waals surface area (Å²) in [5, 5.41) is 0. The Morgan fingerprint density at radius 2 is 1.57 bits per heavy atom. The maximum Gasteiger partial charge on any atom is 0.195 e. The van der Waals surface area contributed by atoms with Crippen molar-refractivity contribution in [3.8, 4) is 5.75 Å². The Bertz CT molecular complexity index is 1120. The fourth-order valence-electron chi connectivity index (χ4n) is 3.63. The molecule has 3 aromatic rings. The summed E-state index contributed by atoms with van der Waals surface area (Å²) in [7, 11) is -4.00. The number of ketones is 1. The molecular formula is C23H20O4S. The molecule has 1 atom stereocenters. The predicted octanol–water partition coefficient (Wildman–Crippen LogP) is 4.03. The van der Waals surface area contributed by atoms with Gasteiger partial charge in [0.25, 0.3) is 0 Å². The lowest BCUT2D eigenvalue weighted by Crippen LogP contribution is -2.55. The second kappa shape index (κ2) is 6.91. The van der Waals surface area contributed by atoms with Gasteiger partial charge in [0, 0.05) is 6.42 Å².